The van der Waals surface area contributed by atoms with E-state index in [1.165, 1.54) is 77.0 Å². The highest BCUT2D eigenvalue weighted by atomic mass is 35.9. The van der Waals surface area contributed by atoms with Crippen LogP contribution in [0.25, 0.3) is 0 Å². The summed E-state index contributed by atoms with van der Waals surface area (Å²) < 4.78 is 11.1. The van der Waals surface area contributed by atoms with Crippen molar-refractivity contribution in [3.63, 3.8) is 0 Å². The summed E-state index contributed by atoms with van der Waals surface area (Å²) in [5.41, 5.74) is 0. The average molecular weight is 369 g/mol. The average Bonchev–Trinajstić information content (AvgIpc) is 2.45. The van der Waals surface area contributed by atoms with E-state index in [-0.39, 0.29) is 0 Å². The molecule has 0 N–H and O–H groups in total. The number of hydrogen-bond donors (Lipinski definition) is 0. The van der Waals surface area contributed by atoms with E-state index < -0.39 is 5.85 Å². The highest BCUT2D eigenvalue weighted by Gasteiger charge is 2.11. The fourth-order valence-electron chi connectivity index (χ4n) is 2.54. The number of hydrogen-bond acceptors (Lipinski definition) is 1. The van der Waals surface area contributed by atoms with E-state index in [2.05, 4.69) is 19.1 Å². The molecule has 0 aliphatic heterocycles. The van der Waals surface area contributed by atoms with Gasteiger partial charge in [0.15, 0.2) is 0 Å². The van der Waals surface area contributed by atoms with E-state index in [0.29, 0.717) is 6.16 Å². The molecule has 0 bridgehead atoms. The third kappa shape index (κ3) is 20.6. The van der Waals surface area contributed by atoms with Crippen molar-refractivity contribution in [2.24, 2.45) is 0 Å². The van der Waals surface area contributed by atoms with Gasteiger partial charge in [-0.25, -0.2) is 0 Å². The molecule has 0 heterocycles. The molecule has 0 aromatic rings. The minimum atomic E-state index is -2.82. The third-order valence-corrected chi connectivity index (χ3v) is 5.78. The van der Waals surface area contributed by atoms with Crippen LogP contribution in [0, 0.1) is 0 Å². The second-order valence-electron chi connectivity index (χ2n) is 6.23. The van der Waals surface area contributed by atoms with Crippen LogP contribution in [0.1, 0.15) is 96.8 Å². The number of allylic oxidation sites excluding steroid dienone is 2. The third-order valence-electron chi connectivity index (χ3n) is 3.93. The Morgan fingerprint density at radius 3 is 1.55 bits per heavy atom. The fraction of sp³-hybridized carbons (Fsp3) is 0.889. The van der Waals surface area contributed by atoms with Crippen molar-refractivity contribution in [3.05, 3.63) is 12.2 Å². The molecular weight excluding hydrogens is 334 g/mol. The molecule has 0 radical (unpaired) electrons. The monoisotopic (exact) mass is 368 g/mol. The van der Waals surface area contributed by atoms with Crippen molar-refractivity contribution in [3.8, 4) is 0 Å². The van der Waals surface area contributed by atoms with Crippen LogP contribution in [-0.4, -0.2) is 6.16 Å². The first kappa shape index (κ1) is 22.6. The number of rotatable bonds is 16. The Hall–Kier alpha value is 0.550. The van der Waals surface area contributed by atoms with Crippen LogP contribution in [0.3, 0.4) is 0 Å². The summed E-state index contributed by atoms with van der Waals surface area (Å²) in [6.45, 7) is 2.26. The molecule has 0 saturated carbocycles. The summed E-state index contributed by atoms with van der Waals surface area (Å²) in [5, 5.41) is 0. The normalized spacial score (nSPS) is 12.3. The molecule has 4 heteroatoms. The molecule has 0 aromatic heterocycles. The zero-order chi connectivity index (χ0) is 16.5. The SMILES string of the molecule is CCCCCCCCC=CCCCCCCCCP(=O)(Cl)Cl. The first-order valence-electron chi connectivity index (χ1n) is 9.19. The summed E-state index contributed by atoms with van der Waals surface area (Å²) in [6.07, 6.45) is 23.0. The molecular formula is C18H35Cl2OP. The standard InChI is InChI=1S/C18H35Cl2OP/c1-2-3-4-5-6-7-8-9-10-11-12-13-14-15-16-17-18-22(19,20)21/h9-10H,2-8,11-18H2,1H3. The Balaban J connectivity index is 3.13. The van der Waals surface area contributed by atoms with Gasteiger partial charge in [-0.3, -0.25) is 4.57 Å². The lowest BCUT2D eigenvalue weighted by atomic mass is 10.1. The largest absolute Gasteiger partial charge is 0.289 e. The Bertz CT molecular complexity index is 299. The first-order valence-corrected chi connectivity index (χ1v) is 12.9. The van der Waals surface area contributed by atoms with Gasteiger partial charge in [0.2, 0.25) is 0 Å². The molecule has 0 amide bonds. The predicted octanol–water partition coefficient (Wildman–Crippen LogP) is 8.69. The van der Waals surface area contributed by atoms with Crippen molar-refractivity contribution in [2.75, 3.05) is 6.16 Å². The quantitative estimate of drug-likeness (QED) is 0.151. The van der Waals surface area contributed by atoms with E-state index >= 15 is 0 Å². The lowest BCUT2D eigenvalue weighted by Gasteiger charge is -2.02. The second kappa shape index (κ2) is 16.4. The minimum absolute atomic E-state index is 0.470. The summed E-state index contributed by atoms with van der Waals surface area (Å²) in [6, 6.07) is 0. The van der Waals surface area contributed by atoms with Crippen LogP contribution in [-0.2, 0) is 4.57 Å². The maximum atomic E-state index is 11.1. The number of halogens is 2. The summed E-state index contributed by atoms with van der Waals surface area (Å²) >= 11 is 11.0. The van der Waals surface area contributed by atoms with Gasteiger partial charge >= 0.3 is 0 Å². The highest BCUT2D eigenvalue weighted by Crippen LogP contribution is 2.57. The van der Waals surface area contributed by atoms with Gasteiger partial charge in [-0.1, -0.05) is 76.9 Å². The van der Waals surface area contributed by atoms with E-state index in [1.54, 1.807) is 0 Å². The molecule has 1 nitrogen and oxygen atoms in total. The highest BCUT2D eigenvalue weighted by molar-refractivity contribution is 8.08. The van der Waals surface area contributed by atoms with Crippen molar-refractivity contribution in [1.82, 2.24) is 0 Å². The zero-order valence-electron chi connectivity index (χ0n) is 14.4. The molecule has 132 valence electrons. The van der Waals surface area contributed by atoms with Gasteiger partial charge in [0.1, 0.15) is 0 Å². The van der Waals surface area contributed by atoms with Gasteiger partial charge in [-0.15, -0.1) is 0 Å². The molecule has 0 aliphatic rings. The molecule has 0 unspecified atom stereocenters. The van der Waals surface area contributed by atoms with Gasteiger partial charge in [0.05, 0.1) is 0 Å². The van der Waals surface area contributed by atoms with Crippen LogP contribution in [0.2, 0.25) is 0 Å². The van der Waals surface area contributed by atoms with Crippen LogP contribution in [0.4, 0.5) is 0 Å². The van der Waals surface area contributed by atoms with Crippen molar-refractivity contribution >= 4 is 28.3 Å². The van der Waals surface area contributed by atoms with Crippen molar-refractivity contribution in [2.45, 2.75) is 96.8 Å². The lowest BCUT2D eigenvalue weighted by Crippen LogP contribution is -1.83. The minimum Gasteiger partial charge on any atom is -0.289 e. The Morgan fingerprint density at radius 1 is 0.682 bits per heavy atom. The molecule has 0 saturated heterocycles. The summed E-state index contributed by atoms with van der Waals surface area (Å²) in [5.74, 6) is -2.82. The zero-order valence-corrected chi connectivity index (χ0v) is 16.8. The van der Waals surface area contributed by atoms with Crippen LogP contribution in [0.15, 0.2) is 12.2 Å². The smallest absolute Gasteiger partial charge is 0.253 e. The molecule has 0 aromatic carbocycles. The van der Waals surface area contributed by atoms with E-state index in [9.17, 15) is 4.57 Å². The van der Waals surface area contributed by atoms with E-state index in [1.807, 2.05) is 0 Å². The maximum Gasteiger partial charge on any atom is 0.253 e. The molecule has 0 rings (SSSR count). The first-order chi connectivity index (χ1) is 10.6. The summed E-state index contributed by atoms with van der Waals surface area (Å²) in [7, 11) is 0. The predicted molar refractivity (Wildman–Crippen MR) is 104 cm³/mol. The van der Waals surface area contributed by atoms with Crippen molar-refractivity contribution in [1.29, 1.82) is 0 Å². The van der Waals surface area contributed by atoms with Gasteiger partial charge in [0.25, 0.3) is 5.85 Å². The van der Waals surface area contributed by atoms with Crippen LogP contribution in [0.5, 0.6) is 0 Å². The van der Waals surface area contributed by atoms with Gasteiger partial charge in [-0.2, -0.15) is 0 Å². The maximum absolute atomic E-state index is 11.1. The Labute approximate surface area is 148 Å². The topological polar surface area (TPSA) is 17.1 Å². The van der Waals surface area contributed by atoms with Gasteiger partial charge in [0, 0.05) is 6.16 Å². The van der Waals surface area contributed by atoms with Crippen LogP contribution >= 0.6 is 28.3 Å². The Morgan fingerprint density at radius 2 is 1.09 bits per heavy atom. The van der Waals surface area contributed by atoms with Gasteiger partial charge < -0.3 is 0 Å². The fourth-order valence-corrected chi connectivity index (χ4v) is 3.85. The Kier molecular flexibility index (Phi) is 16.8. The van der Waals surface area contributed by atoms with E-state index in [0.717, 1.165) is 12.8 Å². The van der Waals surface area contributed by atoms with Crippen molar-refractivity contribution < 1.29 is 4.57 Å². The van der Waals surface area contributed by atoms with E-state index in [4.69, 9.17) is 22.5 Å². The van der Waals surface area contributed by atoms with Crippen LogP contribution < -0.4 is 0 Å². The molecule has 22 heavy (non-hydrogen) atoms. The number of unbranched alkanes of at least 4 members (excludes halogenated alkanes) is 12. The molecule has 0 atom stereocenters. The molecule has 0 spiro atoms. The molecule has 0 aliphatic carbocycles. The second-order valence-corrected chi connectivity index (χ2v) is 11.6. The summed E-state index contributed by atoms with van der Waals surface area (Å²) in [4.78, 5) is 0. The molecule has 0 fully saturated rings. The lowest BCUT2D eigenvalue weighted by molar-refractivity contribution is 0.583. The van der Waals surface area contributed by atoms with Gasteiger partial charge in [-0.05, 0) is 54.6 Å².